The molecule has 0 radical (unpaired) electrons. The smallest absolute Gasteiger partial charge is 0.270 e. The van der Waals surface area contributed by atoms with Crippen LogP contribution >= 0.6 is 11.3 Å². The van der Waals surface area contributed by atoms with Crippen LogP contribution in [0.5, 0.6) is 0 Å². The van der Waals surface area contributed by atoms with Crippen molar-refractivity contribution in [1.29, 1.82) is 0 Å². The van der Waals surface area contributed by atoms with Crippen LogP contribution in [0.1, 0.15) is 30.7 Å². The van der Waals surface area contributed by atoms with E-state index in [0.29, 0.717) is 5.41 Å². The average molecular weight is 249 g/mol. The normalized spacial score (nSPS) is 18.2. The molecule has 0 atom stereocenters. The number of H-pyrrole nitrogens is 1. The molecular formula is C12H15N3OS. The Bertz CT molecular complexity index is 654. The number of aromatic nitrogens is 2. The minimum absolute atomic E-state index is 0.107. The first-order chi connectivity index (χ1) is 7.96. The van der Waals surface area contributed by atoms with Gasteiger partial charge in [-0.05, 0) is 30.2 Å². The molecule has 0 bridgehead atoms. The lowest BCUT2D eigenvalue weighted by molar-refractivity contribution is 0.319. The third kappa shape index (κ3) is 1.65. The maximum Gasteiger partial charge on any atom is 0.270 e. The van der Waals surface area contributed by atoms with Crippen LogP contribution in [-0.2, 0) is 12.8 Å². The Labute approximate surface area is 103 Å². The molecule has 3 N–H and O–H groups in total. The number of aryl methyl sites for hydroxylation is 1. The van der Waals surface area contributed by atoms with Gasteiger partial charge in [0.2, 0.25) is 5.95 Å². The molecule has 0 amide bonds. The largest absolute Gasteiger partial charge is 0.369 e. The summed E-state index contributed by atoms with van der Waals surface area (Å²) < 4.78 is 0.724. The van der Waals surface area contributed by atoms with Crippen LogP contribution < -0.4 is 11.3 Å². The van der Waals surface area contributed by atoms with E-state index in [2.05, 4.69) is 23.8 Å². The molecule has 0 saturated heterocycles. The molecule has 90 valence electrons. The number of anilines is 1. The van der Waals surface area contributed by atoms with Crippen LogP contribution in [0.3, 0.4) is 0 Å². The van der Waals surface area contributed by atoms with Gasteiger partial charge in [0.25, 0.3) is 5.56 Å². The summed E-state index contributed by atoms with van der Waals surface area (Å²) in [6.07, 6.45) is 3.20. The molecule has 2 heterocycles. The zero-order chi connectivity index (χ0) is 12.2. The Hall–Kier alpha value is -1.36. The number of aromatic amines is 1. The zero-order valence-electron chi connectivity index (χ0n) is 9.96. The second kappa shape index (κ2) is 3.32. The van der Waals surface area contributed by atoms with E-state index < -0.39 is 0 Å². The lowest BCUT2D eigenvalue weighted by Crippen LogP contribution is -2.21. The molecule has 0 unspecified atom stereocenters. The van der Waals surface area contributed by atoms with Gasteiger partial charge in [0.15, 0.2) is 0 Å². The second-order valence-corrected chi connectivity index (χ2v) is 6.58. The average Bonchev–Trinajstić information content (AvgIpc) is 2.55. The van der Waals surface area contributed by atoms with Crippen LogP contribution in [0, 0.1) is 5.41 Å². The molecule has 1 aliphatic carbocycles. The standard InChI is InChI=1S/C12H15N3OS/c1-12(2)4-3-7-6(5-12)8-9(17-7)10(16)15-11(13)14-8/h3-5H2,1-2H3,(H3,13,14,15,16). The van der Waals surface area contributed by atoms with Gasteiger partial charge >= 0.3 is 0 Å². The van der Waals surface area contributed by atoms with E-state index in [9.17, 15) is 4.79 Å². The van der Waals surface area contributed by atoms with Crippen molar-refractivity contribution < 1.29 is 0 Å². The van der Waals surface area contributed by atoms with Gasteiger partial charge in [0, 0.05) is 4.88 Å². The van der Waals surface area contributed by atoms with Crippen molar-refractivity contribution in [1.82, 2.24) is 9.97 Å². The SMILES string of the molecule is CC1(C)CCc2sc3c(=O)[nH]c(N)nc3c2C1. The number of nitrogens with two attached hydrogens (primary N) is 1. The minimum atomic E-state index is -0.107. The van der Waals surface area contributed by atoms with E-state index in [1.54, 1.807) is 11.3 Å². The predicted molar refractivity (Wildman–Crippen MR) is 70.5 cm³/mol. The van der Waals surface area contributed by atoms with Crippen molar-refractivity contribution in [3.8, 4) is 0 Å². The van der Waals surface area contributed by atoms with Gasteiger partial charge < -0.3 is 5.73 Å². The molecule has 2 aromatic rings. The summed E-state index contributed by atoms with van der Waals surface area (Å²) in [4.78, 5) is 20.0. The van der Waals surface area contributed by atoms with E-state index in [1.165, 1.54) is 16.9 Å². The van der Waals surface area contributed by atoms with Crippen molar-refractivity contribution in [2.75, 3.05) is 5.73 Å². The second-order valence-electron chi connectivity index (χ2n) is 5.47. The lowest BCUT2D eigenvalue weighted by Gasteiger charge is -2.29. The summed E-state index contributed by atoms with van der Waals surface area (Å²) >= 11 is 1.57. The number of nitrogens with one attached hydrogen (secondary N) is 1. The highest BCUT2D eigenvalue weighted by molar-refractivity contribution is 7.19. The number of hydrogen-bond donors (Lipinski definition) is 2. The Balaban J connectivity index is 2.32. The Morgan fingerprint density at radius 3 is 3.00 bits per heavy atom. The van der Waals surface area contributed by atoms with Gasteiger partial charge in [-0.15, -0.1) is 11.3 Å². The third-order valence-electron chi connectivity index (χ3n) is 3.43. The molecule has 3 rings (SSSR count). The summed E-state index contributed by atoms with van der Waals surface area (Å²) in [7, 11) is 0. The number of rotatable bonds is 0. The van der Waals surface area contributed by atoms with Crippen LogP contribution in [0.15, 0.2) is 4.79 Å². The third-order valence-corrected chi connectivity index (χ3v) is 4.71. The molecule has 1 aliphatic rings. The summed E-state index contributed by atoms with van der Waals surface area (Å²) in [5.74, 6) is 0.214. The molecule has 2 aromatic heterocycles. The first kappa shape index (κ1) is 10.8. The van der Waals surface area contributed by atoms with E-state index in [-0.39, 0.29) is 11.5 Å². The fourth-order valence-electron chi connectivity index (χ4n) is 2.50. The Kier molecular flexibility index (Phi) is 2.10. The van der Waals surface area contributed by atoms with Gasteiger partial charge in [-0.25, -0.2) is 4.98 Å². The lowest BCUT2D eigenvalue weighted by atomic mass is 9.77. The maximum absolute atomic E-state index is 11.8. The number of fused-ring (bicyclic) bond motifs is 3. The van der Waals surface area contributed by atoms with Crippen molar-refractivity contribution in [2.24, 2.45) is 5.41 Å². The number of nitrogen functional groups attached to an aromatic ring is 1. The van der Waals surface area contributed by atoms with Crippen LogP contribution in [-0.4, -0.2) is 9.97 Å². The molecule has 0 saturated carbocycles. The molecular weight excluding hydrogens is 234 g/mol. The minimum Gasteiger partial charge on any atom is -0.369 e. The molecule has 17 heavy (non-hydrogen) atoms. The molecule has 0 aliphatic heterocycles. The van der Waals surface area contributed by atoms with Gasteiger partial charge in [0.05, 0.1) is 5.52 Å². The monoisotopic (exact) mass is 249 g/mol. The van der Waals surface area contributed by atoms with E-state index in [1.807, 2.05) is 0 Å². The zero-order valence-corrected chi connectivity index (χ0v) is 10.8. The topological polar surface area (TPSA) is 71.8 Å². The van der Waals surface area contributed by atoms with Crippen LogP contribution in [0.4, 0.5) is 5.95 Å². The predicted octanol–water partition coefficient (Wildman–Crippen LogP) is 2.08. The van der Waals surface area contributed by atoms with E-state index >= 15 is 0 Å². The summed E-state index contributed by atoms with van der Waals surface area (Å²) in [5.41, 5.74) is 7.86. The maximum atomic E-state index is 11.8. The number of nitrogens with zero attached hydrogens (tertiary/aromatic N) is 1. The number of thiophene rings is 1. The highest BCUT2D eigenvalue weighted by atomic mass is 32.1. The van der Waals surface area contributed by atoms with E-state index in [0.717, 1.165) is 23.1 Å². The molecule has 0 fully saturated rings. The van der Waals surface area contributed by atoms with Crippen molar-refractivity contribution in [3.05, 3.63) is 20.8 Å². The fraction of sp³-hybridized carbons (Fsp3) is 0.500. The number of hydrogen-bond acceptors (Lipinski definition) is 4. The van der Waals surface area contributed by atoms with Gasteiger partial charge in [-0.1, -0.05) is 13.8 Å². The van der Waals surface area contributed by atoms with Crippen LogP contribution in [0.25, 0.3) is 10.2 Å². The molecule has 5 heteroatoms. The summed E-state index contributed by atoms with van der Waals surface area (Å²) in [6, 6.07) is 0. The van der Waals surface area contributed by atoms with Gasteiger partial charge in [-0.2, -0.15) is 0 Å². The molecule has 0 aromatic carbocycles. The van der Waals surface area contributed by atoms with E-state index in [4.69, 9.17) is 5.73 Å². The van der Waals surface area contributed by atoms with Crippen LogP contribution in [0.2, 0.25) is 0 Å². The highest BCUT2D eigenvalue weighted by Crippen LogP contribution is 2.41. The van der Waals surface area contributed by atoms with Crippen molar-refractivity contribution >= 4 is 27.5 Å². The molecule has 4 nitrogen and oxygen atoms in total. The Morgan fingerprint density at radius 2 is 2.24 bits per heavy atom. The first-order valence-electron chi connectivity index (χ1n) is 5.76. The summed E-state index contributed by atoms with van der Waals surface area (Å²) in [6.45, 7) is 4.52. The highest BCUT2D eigenvalue weighted by Gasteiger charge is 2.29. The quantitative estimate of drug-likeness (QED) is 0.751. The van der Waals surface area contributed by atoms with Crippen molar-refractivity contribution in [2.45, 2.75) is 33.1 Å². The Morgan fingerprint density at radius 1 is 1.47 bits per heavy atom. The van der Waals surface area contributed by atoms with Crippen molar-refractivity contribution in [3.63, 3.8) is 0 Å². The first-order valence-corrected chi connectivity index (χ1v) is 6.58. The summed E-state index contributed by atoms with van der Waals surface area (Å²) in [5, 5.41) is 0. The fourth-order valence-corrected chi connectivity index (χ4v) is 3.65. The molecule has 0 spiro atoms. The van der Waals surface area contributed by atoms with Gasteiger partial charge in [0.1, 0.15) is 4.70 Å². The van der Waals surface area contributed by atoms with Gasteiger partial charge in [-0.3, -0.25) is 9.78 Å².